The molecular weight excluding hydrogens is 212 g/mol. The van der Waals surface area contributed by atoms with Crippen LogP contribution < -0.4 is 10.4 Å². The van der Waals surface area contributed by atoms with Gasteiger partial charge in [0.25, 0.3) is 0 Å². The normalized spacial score (nSPS) is 20.7. The molecule has 88 valence electrons. The minimum Gasteiger partial charge on any atom is -0.490 e. The maximum Gasteiger partial charge on any atom is 0.126 e. The minimum absolute atomic E-state index is 0.250. The van der Waals surface area contributed by atoms with Crippen LogP contribution in [0.4, 0.5) is 0 Å². The molecule has 1 aliphatic rings. The quantitative estimate of drug-likeness (QED) is 0.710. The maximum atomic E-state index is 5.71. The van der Waals surface area contributed by atoms with E-state index in [9.17, 15) is 0 Å². The number of hydrogen-bond acceptors (Lipinski definition) is 2. The van der Waals surface area contributed by atoms with Crippen molar-refractivity contribution in [2.24, 2.45) is 0 Å². The summed E-state index contributed by atoms with van der Waals surface area (Å²) in [6.45, 7) is 8.89. The van der Waals surface area contributed by atoms with E-state index in [0.717, 1.165) is 22.8 Å². The first-order chi connectivity index (χ1) is 8.35. The number of epoxide rings is 1. The molecule has 2 heteroatoms. The Morgan fingerprint density at radius 1 is 1.41 bits per heavy atom. The third-order valence-electron chi connectivity index (χ3n) is 2.54. The topological polar surface area (TPSA) is 21.8 Å². The van der Waals surface area contributed by atoms with Crippen LogP contribution in [0.15, 0.2) is 49.6 Å². The lowest BCUT2D eigenvalue weighted by molar-refractivity contribution is 0.233. The van der Waals surface area contributed by atoms with E-state index in [4.69, 9.17) is 9.47 Å². The summed E-state index contributed by atoms with van der Waals surface area (Å²) in [7, 11) is 0. The second-order valence-electron chi connectivity index (χ2n) is 3.82. The number of allylic oxidation sites excluding steroid dienone is 1. The van der Waals surface area contributed by atoms with Gasteiger partial charge in [0.05, 0.1) is 6.61 Å². The molecule has 0 bridgehead atoms. The second-order valence-corrected chi connectivity index (χ2v) is 3.82. The summed E-state index contributed by atoms with van der Waals surface area (Å²) in [5, 5.41) is 2.11. The van der Waals surface area contributed by atoms with E-state index in [1.165, 1.54) is 0 Å². The highest BCUT2D eigenvalue weighted by Gasteiger charge is 2.23. The second kappa shape index (κ2) is 5.51. The van der Waals surface area contributed by atoms with E-state index in [1.807, 2.05) is 30.3 Å². The molecule has 1 atom stereocenters. The van der Waals surface area contributed by atoms with E-state index in [2.05, 4.69) is 13.2 Å². The smallest absolute Gasteiger partial charge is 0.126 e. The summed E-state index contributed by atoms with van der Waals surface area (Å²) in [6, 6.07) is 8.01. The Kier molecular flexibility index (Phi) is 3.78. The lowest BCUT2D eigenvalue weighted by atomic mass is 10.2. The number of hydrogen-bond donors (Lipinski definition) is 0. The van der Waals surface area contributed by atoms with E-state index >= 15 is 0 Å². The largest absolute Gasteiger partial charge is 0.490 e. The molecule has 0 aliphatic carbocycles. The van der Waals surface area contributed by atoms with Gasteiger partial charge in [-0.05, 0) is 11.3 Å². The van der Waals surface area contributed by atoms with Crippen LogP contribution in [-0.4, -0.2) is 19.3 Å². The van der Waals surface area contributed by atoms with Crippen LogP contribution >= 0.6 is 0 Å². The maximum absolute atomic E-state index is 5.71. The molecule has 1 heterocycles. The van der Waals surface area contributed by atoms with Crippen LogP contribution in [0.3, 0.4) is 0 Å². The van der Waals surface area contributed by atoms with Crippen LogP contribution in [0.1, 0.15) is 0 Å². The molecular formula is C15H16O2. The van der Waals surface area contributed by atoms with Crippen molar-refractivity contribution >= 4 is 11.8 Å². The predicted octanol–water partition coefficient (Wildman–Crippen LogP) is 1.36. The highest BCUT2D eigenvalue weighted by Crippen LogP contribution is 2.11. The summed E-state index contributed by atoms with van der Waals surface area (Å²) >= 11 is 0. The molecule has 0 spiro atoms. The lowest BCUT2D eigenvalue weighted by Crippen LogP contribution is -2.27. The minimum atomic E-state index is 0.250. The SMILES string of the molecule is C=C/C=c1/cccc/c1=C(/C=C)OC[C@@H]1CO1. The summed E-state index contributed by atoms with van der Waals surface area (Å²) in [6.07, 6.45) is 5.71. The third kappa shape index (κ3) is 3.08. The summed E-state index contributed by atoms with van der Waals surface area (Å²) in [5.74, 6) is 0.786. The zero-order chi connectivity index (χ0) is 12.1. The van der Waals surface area contributed by atoms with Gasteiger partial charge in [-0.25, -0.2) is 0 Å². The highest BCUT2D eigenvalue weighted by atomic mass is 16.6. The molecule has 1 aliphatic heterocycles. The van der Waals surface area contributed by atoms with Gasteiger partial charge in [0.15, 0.2) is 0 Å². The fourth-order valence-electron chi connectivity index (χ4n) is 1.59. The van der Waals surface area contributed by atoms with Gasteiger partial charge in [-0.3, -0.25) is 0 Å². The Bertz CT molecular complexity index is 524. The van der Waals surface area contributed by atoms with Gasteiger partial charge in [-0.1, -0.05) is 49.6 Å². The molecule has 1 fully saturated rings. The fourth-order valence-corrected chi connectivity index (χ4v) is 1.59. The van der Waals surface area contributed by atoms with Crippen molar-refractivity contribution < 1.29 is 9.47 Å². The van der Waals surface area contributed by atoms with Crippen LogP contribution in [0.25, 0.3) is 11.8 Å². The fraction of sp³-hybridized carbons (Fsp3) is 0.200. The van der Waals surface area contributed by atoms with E-state index in [-0.39, 0.29) is 6.10 Å². The summed E-state index contributed by atoms with van der Waals surface area (Å²) < 4.78 is 10.8. The molecule has 1 aromatic carbocycles. The Hall–Kier alpha value is -1.80. The monoisotopic (exact) mass is 228 g/mol. The van der Waals surface area contributed by atoms with E-state index in [1.54, 1.807) is 12.2 Å². The van der Waals surface area contributed by atoms with Crippen LogP contribution in [0.2, 0.25) is 0 Å². The van der Waals surface area contributed by atoms with Gasteiger partial charge in [-0.15, -0.1) is 0 Å². The zero-order valence-electron chi connectivity index (χ0n) is 9.76. The van der Waals surface area contributed by atoms with Crippen molar-refractivity contribution in [3.8, 4) is 0 Å². The Balaban J connectivity index is 2.40. The third-order valence-corrected chi connectivity index (χ3v) is 2.54. The summed E-state index contributed by atoms with van der Waals surface area (Å²) in [5.41, 5.74) is 0. The van der Waals surface area contributed by atoms with Crippen LogP contribution in [0.5, 0.6) is 0 Å². The molecule has 0 radical (unpaired) electrons. The van der Waals surface area contributed by atoms with Gasteiger partial charge in [0.1, 0.15) is 18.5 Å². The van der Waals surface area contributed by atoms with Crippen molar-refractivity contribution in [3.05, 3.63) is 60.0 Å². The van der Waals surface area contributed by atoms with E-state index < -0.39 is 0 Å². The highest BCUT2D eigenvalue weighted by molar-refractivity contribution is 5.50. The molecule has 0 unspecified atom stereocenters. The Morgan fingerprint density at radius 3 is 2.82 bits per heavy atom. The Labute approximate surface area is 101 Å². The van der Waals surface area contributed by atoms with Crippen molar-refractivity contribution in [2.75, 3.05) is 13.2 Å². The zero-order valence-corrected chi connectivity index (χ0v) is 9.76. The van der Waals surface area contributed by atoms with Gasteiger partial charge >= 0.3 is 0 Å². The average Bonchev–Trinajstić information content (AvgIpc) is 3.16. The molecule has 2 nitrogen and oxygen atoms in total. The standard InChI is InChI=1S/C15H16O2/c1-3-7-12-8-5-6-9-14(12)15(4-2)17-11-13-10-16-13/h3-9,13H,1-2,10-11H2/b12-7-,15-14+/t13-/m0/s1. The van der Waals surface area contributed by atoms with Crippen molar-refractivity contribution in [1.29, 1.82) is 0 Å². The van der Waals surface area contributed by atoms with Crippen molar-refractivity contribution in [2.45, 2.75) is 6.10 Å². The van der Waals surface area contributed by atoms with Gasteiger partial charge in [0.2, 0.25) is 0 Å². The Morgan fingerprint density at radius 2 is 2.18 bits per heavy atom. The van der Waals surface area contributed by atoms with Crippen LogP contribution in [-0.2, 0) is 9.47 Å². The molecule has 0 aromatic heterocycles. The van der Waals surface area contributed by atoms with Crippen molar-refractivity contribution in [1.82, 2.24) is 0 Å². The van der Waals surface area contributed by atoms with Gasteiger partial charge in [0, 0.05) is 5.22 Å². The molecule has 17 heavy (non-hydrogen) atoms. The van der Waals surface area contributed by atoms with E-state index in [0.29, 0.717) is 6.61 Å². The number of ether oxygens (including phenoxy) is 2. The molecule has 0 N–H and O–H groups in total. The molecule has 0 saturated carbocycles. The number of benzene rings is 1. The average molecular weight is 228 g/mol. The van der Waals surface area contributed by atoms with Gasteiger partial charge in [-0.2, -0.15) is 0 Å². The lowest BCUT2D eigenvalue weighted by Gasteiger charge is -2.05. The predicted molar refractivity (Wildman–Crippen MR) is 69.7 cm³/mol. The molecule has 1 saturated heterocycles. The van der Waals surface area contributed by atoms with Crippen LogP contribution in [0, 0.1) is 0 Å². The molecule has 1 aromatic rings. The first kappa shape index (κ1) is 11.7. The van der Waals surface area contributed by atoms with Gasteiger partial charge < -0.3 is 9.47 Å². The summed E-state index contributed by atoms with van der Waals surface area (Å²) in [4.78, 5) is 0. The number of rotatable bonds is 5. The molecule has 2 rings (SSSR count). The first-order valence-electron chi connectivity index (χ1n) is 5.64. The first-order valence-corrected chi connectivity index (χ1v) is 5.64. The van der Waals surface area contributed by atoms with Crippen molar-refractivity contribution in [3.63, 3.8) is 0 Å². The molecule has 0 amide bonds.